The molecule has 0 saturated carbocycles. The maximum absolute atomic E-state index is 10.7. The van der Waals surface area contributed by atoms with E-state index in [1.54, 1.807) is 14.2 Å². The Morgan fingerprint density at radius 3 is 2.61 bits per heavy atom. The van der Waals surface area contributed by atoms with Crippen LogP contribution in [-0.4, -0.2) is 39.4 Å². The molecule has 1 rings (SSSR count). The van der Waals surface area contributed by atoms with Crippen molar-refractivity contribution in [3.05, 3.63) is 29.8 Å². The number of carbonyl (C=O) groups is 1. The Bertz CT molecular complexity index is 390. The SMILES string of the molecule is CN=C(C=O)c1ccc(SOCCCOC)cc1. The van der Waals surface area contributed by atoms with Gasteiger partial charge < -0.3 is 8.92 Å². The first-order valence-corrected chi connectivity index (χ1v) is 6.36. The highest BCUT2D eigenvalue weighted by Gasteiger charge is 2.01. The summed E-state index contributed by atoms with van der Waals surface area (Å²) >= 11 is 1.32. The van der Waals surface area contributed by atoms with Gasteiger partial charge in [-0.25, -0.2) is 0 Å². The molecule has 0 aliphatic rings. The number of aliphatic imine (C=N–C) groups is 1. The Morgan fingerprint density at radius 2 is 2.06 bits per heavy atom. The molecule has 0 unspecified atom stereocenters. The standard InChI is InChI=1S/C13H17NO3S/c1-14-13(10-15)11-4-6-12(7-5-11)18-17-9-3-8-16-2/h4-7,10H,3,8-9H2,1-2H3. The van der Waals surface area contributed by atoms with Crippen molar-refractivity contribution in [1.82, 2.24) is 0 Å². The molecule has 0 amide bonds. The van der Waals surface area contributed by atoms with Crippen molar-refractivity contribution >= 4 is 24.0 Å². The summed E-state index contributed by atoms with van der Waals surface area (Å²) < 4.78 is 10.3. The first-order valence-electron chi connectivity index (χ1n) is 5.62. The van der Waals surface area contributed by atoms with Crippen LogP contribution in [0.5, 0.6) is 0 Å². The van der Waals surface area contributed by atoms with Crippen LogP contribution in [0.25, 0.3) is 0 Å². The largest absolute Gasteiger partial charge is 0.385 e. The van der Waals surface area contributed by atoms with E-state index in [9.17, 15) is 4.79 Å². The highest BCUT2D eigenvalue weighted by atomic mass is 32.2. The molecule has 98 valence electrons. The highest BCUT2D eigenvalue weighted by Crippen LogP contribution is 2.19. The third kappa shape index (κ3) is 5.00. The highest BCUT2D eigenvalue weighted by molar-refractivity contribution is 7.94. The second kappa shape index (κ2) is 8.85. The van der Waals surface area contributed by atoms with Gasteiger partial charge in [0, 0.05) is 43.3 Å². The number of ether oxygens (including phenoxy) is 1. The third-order valence-electron chi connectivity index (χ3n) is 2.23. The van der Waals surface area contributed by atoms with Crippen molar-refractivity contribution in [2.45, 2.75) is 11.3 Å². The zero-order valence-corrected chi connectivity index (χ0v) is 11.4. The Hall–Kier alpha value is -1.17. The third-order valence-corrected chi connectivity index (χ3v) is 2.98. The average Bonchev–Trinajstić information content (AvgIpc) is 2.41. The van der Waals surface area contributed by atoms with Gasteiger partial charge in [0.05, 0.1) is 6.61 Å². The van der Waals surface area contributed by atoms with Crippen LogP contribution in [0, 0.1) is 0 Å². The number of nitrogens with zero attached hydrogens (tertiary/aromatic N) is 1. The smallest absolute Gasteiger partial charge is 0.168 e. The first-order chi connectivity index (χ1) is 8.81. The van der Waals surface area contributed by atoms with Gasteiger partial charge in [-0.05, 0) is 18.6 Å². The second-order valence-corrected chi connectivity index (χ2v) is 4.38. The van der Waals surface area contributed by atoms with E-state index in [0.29, 0.717) is 18.9 Å². The van der Waals surface area contributed by atoms with E-state index in [0.717, 1.165) is 23.2 Å². The van der Waals surface area contributed by atoms with Crippen LogP contribution in [0.4, 0.5) is 0 Å². The van der Waals surface area contributed by atoms with Gasteiger partial charge in [-0.2, -0.15) is 0 Å². The lowest BCUT2D eigenvalue weighted by Gasteiger charge is -2.03. The predicted molar refractivity (Wildman–Crippen MR) is 73.3 cm³/mol. The van der Waals surface area contributed by atoms with Gasteiger partial charge in [0.25, 0.3) is 0 Å². The number of methoxy groups -OCH3 is 1. The number of carbonyl (C=O) groups excluding carboxylic acids is 1. The fourth-order valence-corrected chi connectivity index (χ4v) is 1.89. The van der Waals surface area contributed by atoms with Gasteiger partial charge in [0.2, 0.25) is 0 Å². The van der Waals surface area contributed by atoms with Crippen LogP contribution in [-0.2, 0) is 13.7 Å². The van der Waals surface area contributed by atoms with E-state index >= 15 is 0 Å². The summed E-state index contributed by atoms with van der Waals surface area (Å²) in [5.74, 6) is 0. The second-order valence-electron chi connectivity index (χ2n) is 3.50. The van der Waals surface area contributed by atoms with Gasteiger partial charge >= 0.3 is 0 Å². The Balaban J connectivity index is 2.43. The van der Waals surface area contributed by atoms with Crippen molar-refractivity contribution in [2.75, 3.05) is 27.4 Å². The lowest BCUT2D eigenvalue weighted by molar-refractivity contribution is -0.102. The molecule has 0 aliphatic carbocycles. The predicted octanol–water partition coefficient (Wildman–Crippen LogP) is 2.36. The lowest BCUT2D eigenvalue weighted by atomic mass is 10.1. The minimum absolute atomic E-state index is 0.451. The van der Waals surface area contributed by atoms with Crippen LogP contribution in [0.3, 0.4) is 0 Å². The van der Waals surface area contributed by atoms with Crippen molar-refractivity contribution in [3.63, 3.8) is 0 Å². The molecule has 5 heteroatoms. The van der Waals surface area contributed by atoms with Crippen molar-refractivity contribution in [3.8, 4) is 0 Å². The number of hydrogen-bond acceptors (Lipinski definition) is 5. The molecule has 4 nitrogen and oxygen atoms in total. The van der Waals surface area contributed by atoms with E-state index < -0.39 is 0 Å². The molecule has 0 atom stereocenters. The molecular weight excluding hydrogens is 250 g/mol. The summed E-state index contributed by atoms with van der Waals surface area (Å²) in [7, 11) is 3.27. The summed E-state index contributed by atoms with van der Waals surface area (Å²) in [5, 5.41) is 0. The molecule has 0 aromatic heterocycles. The van der Waals surface area contributed by atoms with Crippen molar-refractivity contribution in [2.24, 2.45) is 4.99 Å². The topological polar surface area (TPSA) is 47.9 Å². The summed E-state index contributed by atoms with van der Waals surface area (Å²) in [6.07, 6.45) is 1.63. The van der Waals surface area contributed by atoms with E-state index in [1.165, 1.54) is 12.0 Å². The van der Waals surface area contributed by atoms with Crippen LogP contribution < -0.4 is 0 Å². The van der Waals surface area contributed by atoms with Gasteiger partial charge in [0.1, 0.15) is 5.71 Å². The molecule has 18 heavy (non-hydrogen) atoms. The van der Waals surface area contributed by atoms with Crippen LogP contribution in [0.2, 0.25) is 0 Å². The maximum Gasteiger partial charge on any atom is 0.168 e. The number of benzene rings is 1. The van der Waals surface area contributed by atoms with E-state index in [-0.39, 0.29) is 0 Å². The fraction of sp³-hybridized carbons (Fsp3) is 0.385. The quantitative estimate of drug-likeness (QED) is 0.314. The molecule has 0 radical (unpaired) electrons. The summed E-state index contributed by atoms with van der Waals surface area (Å²) in [4.78, 5) is 15.6. The monoisotopic (exact) mass is 267 g/mol. The number of rotatable bonds is 8. The summed E-state index contributed by atoms with van der Waals surface area (Å²) in [6, 6.07) is 7.53. The van der Waals surface area contributed by atoms with Gasteiger partial charge in [-0.1, -0.05) is 12.1 Å². The first kappa shape index (κ1) is 14.9. The summed E-state index contributed by atoms with van der Waals surface area (Å²) in [6.45, 7) is 1.35. The molecule has 0 heterocycles. The van der Waals surface area contributed by atoms with Gasteiger partial charge in [0.15, 0.2) is 6.29 Å². The Labute approximate surface area is 112 Å². The van der Waals surface area contributed by atoms with Gasteiger partial charge in [-0.3, -0.25) is 9.79 Å². The van der Waals surface area contributed by atoms with Crippen molar-refractivity contribution in [1.29, 1.82) is 0 Å². The number of hydrogen-bond donors (Lipinski definition) is 0. The maximum atomic E-state index is 10.7. The van der Waals surface area contributed by atoms with Gasteiger partial charge in [-0.15, -0.1) is 0 Å². The zero-order valence-electron chi connectivity index (χ0n) is 10.6. The number of aldehydes is 1. The van der Waals surface area contributed by atoms with Crippen LogP contribution in [0.1, 0.15) is 12.0 Å². The van der Waals surface area contributed by atoms with Crippen LogP contribution in [0.15, 0.2) is 34.2 Å². The Morgan fingerprint density at radius 1 is 1.33 bits per heavy atom. The normalized spacial score (nSPS) is 11.6. The molecule has 0 bridgehead atoms. The molecular formula is C13H17NO3S. The lowest BCUT2D eigenvalue weighted by Crippen LogP contribution is -2.01. The minimum Gasteiger partial charge on any atom is -0.385 e. The summed E-state index contributed by atoms with van der Waals surface area (Å²) in [5.41, 5.74) is 1.27. The molecule has 1 aromatic rings. The molecule has 0 saturated heterocycles. The molecule has 1 aromatic carbocycles. The fourth-order valence-electron chi connectivity index (χ4n) is 1.30. The zero-order chi connectivity index (χ0) is 13.2. The van der Waals surface area contributed by atoms with E-state index in [2.05, 4.69) is 4.99 Å². The minimum atomic E-state index is 0.451. The van der Waals surface area contributed by atoms with Crippen LogP contribution >= 0.6 is 12.0 Å². The van der Waals surface area contributed by atoms with E-state index in [1.807, 2.05) is 24.3 Å². The van der Waals surface area contributed by atoms with Crippen molar-refractivity contribution < 1.29 is 13.7 Å². The molecule has 0 N–H and O–H groups in total. The average molecular weight is 267 g/mol. The van der Waals surface area contributed by atoms with E-state index in [4.69, 9.17) is 8.92 Å². The molecule has 0 fully saturated rings. The molecule has 0 aliphatic heterocycles. The Kier molecular flexibility index (Phi) is 7.32. The molecule has 0 spiro atoms.